The number of piperazine rings is 1. The van der Waals surface area contributed by atoms with Crippen LogP contribution in [0, 0.1) is 5.92 Å². The minimum absolute atomic E-state index is 0. The summed E-state index contributed by atoms with van der Waals surface area (Å²) in [5.74, 6) is 0.816. The van der Waals surface area contributed by atoms with Gasteiger partial charge < -0.3 is 19.9 Å². The first-order valence-electron chi connectivity index (χ1n) is 9.63. The molecule has 2 unspecified atom stereocenters. The molecule has 0 bridgehead atoms. The van der Waals surface area contributed by atoms with Gasteiger partial charge in [-0.15, -0.1) is 24.0 Å². The van der Waals surface area contributed by atoms with Gasteiger partial charge in [0.05, 0.1) is 19.1 Å². The molecule has 2 saturated heterocycles. The Kier molecular flexibility index (Phi) is 10.8. The summed E-state index contributed by atoms with van der Waals surface area (Å²) < 4.78 is 5.21. The topological polar surface area (TPSA) is 60.4 Å². The largest absolute Gasteiger partial charge is 0.466 e. The molecule has 7 nitrogen and oxygen atoms in total. The lowest BCUT2D eigenvalue weighted by atomic mass is 9.98. The number of esters is 1. The van der Waals surface area contributed by atoms with Crippen LogP contribution in [0.4, 0.5) is 0 Å². The first-order valence-corrected chi connectivity index (χ1v) is 9.63. The van der Waals surface area contributed by atoms with E-state index in [0.29, 0.717) is 19.2 Å². The second kappa shape index (κ2) is 12.0. The van der Waals surface area contributed by atoms with Crippen molar-refractivity contribution >= 4 is 35.9 Å². The molecule has 1 N–H and O–H groups in total. The van der Waals surface area contributed by atoms with E-state index in [1.54, 1.807) is 0 Å². The minimum Gasteiger partial charge on any atom is -0.466 e. The van der Waals surface area contributed by atoms with Crippen LogP contribution >= 0.6 is 24.0 Å². The highest BCUT2D eigenvalue weighted by atomic mass is 127. The minimum atomic E-state index is -0.0725. The number of rotatable bonds is 5. The maximum atomic E-state index is 12.1. The number of piperidine rings is 1. The summed E-state index contributed by atoms with van der Waals surface area (Å²) in [4.78, 5) is 24.0. The molecular weight excluding hydrogens is 445 g/mol. The zero-order chi connectivity index (χ0) is 18.2. The van der Waals surface area contributed by atoms with E-state index in [1.807, 2.05) is 6.92 Å². The zero-order valence-electron chi connectivity index (χ0n) is 16.7. The number of ether oxygens (including phenoxy) is 1. The maximum absolute atomic E-state index is 12.1. The van der Waals surface area contributed by atoms with Crippen LogP contribution in [0.15, 0.2) is 4.99 Å². The Balaban J connectivity index is 0.00000338. The summed E-state index contributed by atoms with van der Waals surface area (Å²) in [6, 6.07) is 0.443. The Bertz CT molecular complexity index is 463. The lowest BCUT2D eigenvalue weighted by Gasteiger charge is -2.38. The predicted octanol–water partition coefficient (Wildman–Crippen LogP) is 1.09. The van der Waals surface area contributed by atoms with E-state index in [9.17, 15) is 4.79 Å². The third-order valence-electron chi connectivity index (χ3n) is 5.11. The van der Waals surface area contributed by atoms with E-state index >= 15 is 0 Å². The Morgan fingerprint density at radius 2 is 1.96 bits per heavy atom. The van der Waals surface area contributed by atoms with Gasteiger partial charge in [-0.3, -0.25) is 14.7 Å². The van der Waals surface area contributed by atoms with Gasteiger partial charge >= 0.3 is 5.97 Å². The smallest absolute Gasteiger partial charge is 0.310 e. The van der Waals surface area contributed by atoms with Gasteiger partial charge in [-0.2, -0.15) is 0 Å². The number of halogens is 1. The summed E-state index contributed by atoms with van der Waals surface area (Å²) in [5.41, 5.74) is 0. The Hall–Kier alpha value is -0.610. The van der Waals surface area contributed by atoms with Crippen LogP contribution in [-0.2, 0) is 9.53 Å². The summed E-state index contributed by atoms with van der Waals surface area (Å²) in [6.07, 6.45) is 1.91. The SMILES string of the molecule is CCNC(=NCC1CN(C)CCN1C)N1CCCC(C(=O)OCC)C1.I. The average Bonchev–Trinajstić information content (AvgIpc) is 2.61. The number of nitrogens with one attached hydrogen (secondary N) is 1. The molecule has 0 aromatic rings. The van der Waals surface area contributed by atoms with E-state index < -0.39 is 0 Å². The summed E-state index contributed by atoms with van der Waals surface area (Å²) in [5, 5.41) is 3.40. The Labute approximate surface area is 175 Å². The van der Waals surface area contributed by atoms with Crippen LogP contribution in [0.5, 0.6) is 0 Å². The maximum Gasteiger partial charge on any atom is 0.310 e. The van der Waals surface area contributed by atoms with E-state index in [1.165, 1.54) is 0 Å². The molecule has 0 amide bonds. The molecule has 0 aromatic heterocycles. The van der Waals surface area contributed by atoms with Crippen LogP contribution in [-0.4, -0.2) is 99.2 Å². The highest BCUT2D eigenvalue weighted by Gasteiger charge is 2.29. The fraction of sp³-hybridized carbons (Fsp3) is 0.889. The van der Waals surface area contributed by atoms with E-state index in [2.05, 4.69) is 41.0 Å². The number of likely N-dealkylation sites (tertiary alicyclic amines) is 1. The summed E-state index contributed by atoms with van der Waals surface area (Å²) in [7, 11) is 4.35. The molecule has 26 heavy (non-hydrogen) atoms. The van der Waals surface area contributed by atoms with Gasteiger partial charge in [0.15, 0.2) is 5.96 Å². The first kappa shape index (κ1) is 23.4. The molecule has 2 aliphatic rings. The first-order chi connectivity index (χ1) is 12.0. The van der Waals surface area contributed by atoms with Crippen molar-refractivity contribution < 1.29 is 9.53 Å². The second-order valence-corrected chi connectivity index (χ2v) is 7.13. The lowest BCUT2D eigenvalue weighted by Crippen LogP contribution is -2.52. The molecule has 0 aromatic carbocycles. The molecule has 2 rings (SSSR count). The second-order valence-electron chi connectivity index (χ2n) is 7.13. The number of hydrogen-bond acceptors (Lipinski definition) is 5. The fourth-order valence-corrected chi connectivity index (χ4v) is 3.54. The highest BCUT2D eigenvalue weighted by molar-refractivity contribution is 14.0. The third kappa shape index (κ3) is 6.84. The summed E-state index contributed by atoms with van der Waals surface area (Å²) >= 11 is 0. The standard InChI is InChI=1S/C18H35N5O2.HI/c1-5-19-18(20-12-16-14-21(3)10-11-22(16)4)23-9-7-8-15(13-23)17(24)25-6-2;/h15-16H,5-14H2,1-4H3,(H,19,20);1H. The molecular formula is C18H36IN5O2. The van der Waals surface area contributed by atoms with Gasteiger partial charge in [0.2, 0.25) is 0 Å². The number of guanidine groups is 1. The number of aliphatic imine (C=N–C) groups is 1. The fourth-order valence-electron chi connectivity index (χ4n) is 3.54. The van der Waals surface area contributed by atoms with Gasteiger partial charge in [-0.25, -0.2) is 0 Å². The number of carbonyl (C=O) groups is 1. The molecule has 0 aliphatic carbocycles. The van der Waals surface area contributed by atoms with Gasteiger partial charge in [0, 0.05) is 45.3 Å². The monoisotopic (exact) mass is 481 g/mol. The summed E-state index contributed by atoms with van der Waals surface area (Å²) in [6.45, 7) is 10.9. The normalized spacial score (nSPS) is 25.5. The number of likely N-dealkylation sites (N-methyl/N-ethyl adjacent to an activating group) is 2. The van der Waals surface area contributed by atoms with Crippen molar-refractivity contribution in [2.24, 2.45) is 10.9 Å². The van der Waals surface area contributed by atoms with Crippen molar-refractivity contribution in [1.29, 1.82) is 0 Å². The molecule has 2 heterocycles. The van der Waals surface area contributed by atoms with Crippen molar-refractivity contribution in [2.75, 3.05) is 66.5 Å². The van der Waals surface area contributed by atoms with E-state index in [0.717, 1.165) is 58.1 Å². The quantitative estimate of drug-likeness (QED) is 0.275. The van der Waals surface area contributed by atoms with Gasteiger partial charge in [-0.1, -0.05) is 0 Å². The molecule has 0 spiro atoms. The average molecular weight is 481 g/mol. The van der Waals surface area contributed by atoms with Crippen LogP contribution < -0.4 is 5.32 Å². The number of hydrogen-bond donors (Lipinski definition) is 1. The van der Waals surface area contributed by atoms with Gasteiger partial charge in [0.25, 0.3) is 0 Å². The molecule has 2 aliphatic heterocycles. The van der Waals surface area contributed by atoms with Crippen molar-refractivity contribution in [1.82, 2.24) is 20.0 Å². The van der Waals surface area contributed by atoms with Crippen molar-refractivity contribution in [2.45, 2.75) is 32.7 Å². The van der Waals surface area contributed by atoms with Crippen molar-refractivity contribution in [3.8, 4) is 0 Å². The van der Waals surface area contributed by atoms with E-state index in [4.69, 9.17) is 9.73 Å². The van der Waals surface area contributed by atoms with Crippen LogP contribution in [0.3, 0.4) is 0 Å². The molecule has 152 valence electrons. The van der Waals surface area contributed by atoms with Crippen molar-refractivity contribution in [3.05, 3.63) is 0 Å². The Morgan fingerprint density at radius 3 is 2.65 bits per heavy atom. The lowest BCUT2D eigenvalue weighted by molar-refractivity contribution is -0.149. The Morgan fingerprint density at radius 1 is 1.19 bits per heavy atom. The molecule has 2 atom stereocenters. The number of carbonyl (C=O) groups excluding carboxylic acids is 1. The molecule has 0 saturated carbocycles. The zero-order valence-corrected chi connectivity index (χ0v) is 19.1. The number of nitrogens with zero attached hydrogens (tertiary/aromatic N) is 4. The van der Waals surface area contributed by atoms with E-state index in [-0.39, 0.29) is 35.9 Å². The van der Waals surface area contributed by atoms with Gasteiger partial charge in [0.1, 0.15) is 0 Å². The van der Waals surface area contributed by atoms with Crippen LogP contribution in [0.1, 0.15) is 26.7 Å². The molecule has 2 fully saturated rings. The highest BCUT2D eigenvalue weighted by Crippen LogP contribution is 2.18. The van der Waals surface area contributed by atoms with Crippen LogP contribution in [0.2, 0.25) is 0 Å². The molecule has 0 radical (unpaired) electrons. The third-order valence-corrected chi connectivity index (χ3v) is 5.11. The van der Waals surface area contributed by atoms with Gasteiger partial charge in [-0.05, 0) is 40.8 Å². The predicted molar refractivity (Wildman–Crippen MR) is 116 cm³/mol. The molecule has 8 heteroatoms. The van der Waals surface area contributed by atoms with Crippen molar-refractivity contribution in [3.63, 3.8) is 0 Å². The van der Waals surface area contributed by atoms with Crippen LogP contribution in [0.25, 0.3) is 0 Å².